The van der Waals surface area contributed by atoms with Gasteiger partial charge in [-0.15, -0.1) is 5.10 Å². The van der Waals surface area contributed by atoms with Crippen molar-refractivity contribution in [2.24, 2.45) is 0 Å². The van der Waals surface area contributed by atoms with Crippen LogP contribution >= 0.6 is 0 Å². The molecule has 0 spiro atoms. The lowest BCUT2D eigenvalue weighted by atomic mass is 10.2. The van der Waals surface area contributed by atoms with Crippen LogP contribution in [0.1, 0.15) is 0 Å². The predicted molar refractivity (Wildman–Crippen MR) is 60.7 cm³/mol. The Labute approximate surface area is 97.7 Å². The zero-order chi connectivity index (χ0) is 12.1. The third-order valence-corrected chi connectivity index (χ3v) is 2.23. The van der Waals surface area contributed by atoms with E-state index >= 15 is 0 Å². The number of tetrazole rings is 1. The van der Waals surface area contributed by atoms with Gasteiger partial charge in [0.15, 0.2) is 0 Å². The Kier molecular flexibility index (Phi) is 3.63. The van der Waals surface area contributed by atoms with E-state index in [1.807, 2.05) is 24.3 Å². The van der Waals surface area contributed by atoms with Crippen molar-refractivity contribution in [2.75, 3.05) is 18.5 Å². The predicted octanol–water partition coefficient (Wildman–Crippen LogP) is -0.573. The quantitative estimate of drug-likeness (QED) is 0.642. The molecule has 3 N–H and O–H groups in total. The van der Waals surface area contributed by atoms with Gasteiger partial charge in [-0.2, -0.15) is 0 Å². The Hall–Kier alpha value is -1.99. The second-order valence-electron chi connectivity index (χ2n) is 3.52. The highest BCUT2D eigenvalue weighted by atomic mass is 16.3. The first-order valence-electron chi connectivity index (χ1n) is 5.16. The van der Waals surface area contributed by atoms with Gasteiger partial charge in [0, 0.05) is 12.2 Å². The van der Waals surface area contributed by atoms with Crippen LogP contribution in [0.3, 0.4) is 0 Å². The summed E-state index contributed by atoms with van der Waals surface area (Å²) in [4.78, 5) is 0. The van der Waals surface area contributed by atoms with Gasteiger partial charge in [-0.1, -0.05) is 0 Å². The molecule has 1 heterocycles. The summed E-state index contributed by atoms with van der Waals surface area (Å²) in [5, 5.41) is 31.7. The van der Waals surface area contributed by atoms with E-state index in [1.54, 1.807) is 4.68 Å². The van der Waals surface area contributed by atoms with Crippen LogP contribution in [0.2, 0.25) is 0 Å². The average molecular weight is 235 g/mol. The molecule has 0 aliphatic rings. The number of aliphatic hydroxyl groups is 2. The van der Waals surface area contributed by atoms with Crippen LogP contribution < -0.4 is 5.32 Å². The fourth-order valence-electron chi connectivity index (χ4n) is 1.31. The molecular weight excluding hydrogens is 222 g/mol. The number of anilines is 1. The molecule has 2 aromatic rings. The summed E-state index contributed by atoms with van der Waals surface area (Å²) >= 11 is 0. The fourth-order valence-corrected chi connectivity index (χ4v) is 1.31. The van der Waals surface area contributed by atoms with Crippen LogP contribution in [0.25, 0.3) is 5.69 Å². The molecule has 1 aromatic heterocycles. The number of rotatable bonds is 5. The van der Waals surface area contributed by atoms with E-state index in [-0.39, 0.29) is 6.61 Å². The second kappa shape index (κ2) is 5.37. The lowest BCUT2D eigenvalue weighted by molar-refractivity contribution is 0.105. The van der Waals surface area contributed by atoms with Gasteiger partial charge in [0.1, 0.15) is 6.33 Å². The maximum absolute atomic E-state index is 9.18. The Morgan fingerprint density at radius 1 is 1.29 bits per heavy atom. The highest BCUT2D eigenvalue weighted by Crippen LogP contribution is 2.11. The number of hydrogen-bond acceptors (Lipinski definition) is 6. The van der Waals surface area contributed by atoms with E-state index in [0.717, 1.165) is 11.4 Å². The number of aromatic nitrogens is 4. The fraction of sp³-hybridized carbons (Fsp3) is 0.300. The van der Waals surface area contributed by atoms with Gasteiger partial charge in [-0.25, -0.2) is 4.68 Å². The van der Waals surface area contributed by atoms with Gasteiger partial charge >= 0.3 is 0 Å². The highest BCUT2D eigenvalue weighted by Gasteiger charge is 2.02. The standard InChI is InChI=1S/C10H13N5O2/c16-6-10(17)5-11-8-1-3-9(4-2-8)15-7-12-13-14-15/h1-4,7,10-11,16-17H,5-6H2. The maximum atomic E-state index is 9.18. The minimum absolute atomic E-state index is 0.254. The first-order chi connectivity index (χ1) is 8.29. The minimum atomic E-state index is -0.755. The normalized spacial score (nSPS) is 12.4. The zero-order valence-corrected chi connectivity index (χ0v) is 9.06. The molecule has 0 saturated heterocycles. The Balaban J connectivity index is 1.99. The minimum Gasteiger partial charge on any atom is -0.394 e. The Bertz CT molecular complexity index is 442. The smallest absolute Gasteiger partial charge is 0.143 e. The molecule has 0 bridgehead atoms. The van der Waals surface area contributed by atoms with Crippen molar-refractivity contribution in [2.45, 2.75) is 6.10 Å². The van der Waals surface area contributed by atoms with Gasteiger partial charge in [-0.05, 0) is 34.7 Å². The topological polar surface area (TPSA) is 96.1 Å². The van der Waals surface area contributed by atoms with Crippen molar-refractivity contribution >= 4 is 5.69 Å². The zero-order valence-electron chi connectivity index (χ0n) is 9.06. The molecule has 0 aliphatic carbocycles. The van der Waals surface area contributed by atoms with Crippen LogP contribution in [-0.2, 0) is 0 Å². The summed E-state index contributed by atoms with van der Waals surface area (Å²) in [6, 6.07) is 7.40. The molecule has 0 amide bonds. The molecule has 0 saturated carbocycles. The lowest BCUT2D eigenvalue weighted by Gasteiger charge is -2.10. The van der Waals surface area contributed by atoms with Crippen molar-refractivity contribution in [1.29, 1.82) is 0 Å². The number of benzene rings is 1. The first kappa shape index (κ1) is 11.5. The Morgan fingerprint density at radius 3 is 2.65 bits per heavy atom. The number of aliphatic hydroxyl groups excluding tert-OH is 2. The molecule has 1 aromatic carbocycles. The van der Waals surface area contributed by atoms with Gasteiger partial charge in [0.05, 0.1) is 18.4 Å². The number of hydrogen-bond donors (Lipinski definition) is 3. The van der Waals surface area contributed by atoms with Gasteiger partial charge in [0.2, 0.25) is 0 Å². The molecule has 0 radical (unpaired) electrons. The van der Waals surface area contributed by atoms with Crippen LogP contribution in [0.5, 0.6) is 0 Å². The lowest BCUT2D eigenvalue weighted by Crippen LogP contribution is -2.22. The van der Waals surface area contributed by atoms with Crippen molar-refractivity contribution in [3.05, 3.63) is 30.6 Å². The summed E-state index contributed by atoms with van der Waals surface area (Å²) in [5.41, 5.74) is 1.71. The van der Waals surface area contributed by atoms with Crippen molar-refractivity contribution < 1.29 is 10.2 Å². The van der Waals surface area contributed by atoms with E-state index in [4.69, 9.17) is 5.11 Å². The highest BCUT2D eigenvalue weighted by molar-refractivity contribution is 5.48. The molecule has 0 fully saturated rings. The van der Waals surface area contributed by atoms with Crippen molar-refractivity contribution in [1.82, 2.24) is 20.2 Å². The summed E-state index contributed by atoms with van der Waals surface area (Å²) in [6.07, 6.45) is 0.756. The second-order valence-corrected chi connectivity index (χ2v) is 3.52. The van der Waals surface area contributed by atoms with E-state index in [9.17, 15) is 5.11 Å². The van der Waals surface area contributed by atoms with E-state index in [2.05, 4.69) is 20.8 Å². The SMILES string of the molecule is OCC(O)CNc1ccc(-n2cnnn2)cc1. The van der Waals surface area contributed by atoms with Gasteiger partial charge in [-0.3, -0.25) is 0 Å². The first-order valence-corrected chi connectivity index (χ1v) is 5.16. The van der Waals surface area contributed by atoms with Crippen LogP contribution in [0.4, 0.5) is 5.69 Å². The van der Waals surface area contributed by atoms with E-state index in [1.165, 1.54) is 6.33 Å². The summed E-state index contributed by atoms with van der Waals surface area (Å²) < 4.78 is 1.55. The molecule has 0 aliphatic heterocycles. The largest absolute Gasteiger partial charge is 0.394 e. The average Bonchev–Trinajstić information content (AvgIpc) is 2.90. The third-order valence-electron chi connectivity index (χ3n) is 2.23. The number of nitrogens with one attached hydrogen (secondary N) is 1. The van der Waals surface area contributed by atoms with Crippen LogP contribution in [0, 0.1) is 0 Å². The van der Waals surface area contributed by atoms with Crippen molar-refractivity contribution in [3.63, 3.8) is 0 Å². The molecule has 7 heteroatoms. The molecule has 90 valence electrons. The van der Waals surface area contributed by atoms with Gasteiger partial charge < -0.3 is 15.5 Å². The molecule has 7 nitrogen and oxygen atoms in total. The molecule has 17 heavy (non-hydrogen) atoms. The molecule has 1 unspecified atom stereocenters. The summed E-state index contributed by atoms with van der Waals surface area (Å²) in [6.45, 7) is 0.0520. The number of nitrogens with zero attached hydrogens (tertiary/aromatic N) is 4. The van der Waals surface area contributed by atoms with Gasteiger partial charge in [0.25, 0.3) is 0 Å². The van der Waals surface area contributed by atoms with E-state index in [0.29, 0.717) is 6.54 Å². The monoisotopic (exact) mass is 235 g/mol. The maximum Gasteiger partial charge on any atom is 0.143 e. The Morgan fingerprint density at radius 2 is 2.06 bits per heavy atom. The van der Waals surface area contributed by atoms with Crippen LogP contribution in [-0.4, -0.2) is 49.7 Å². The summed E-state index contributed by atoms with van der Waals surface area (Å²) in [5.74, 6) is 0. The molecule has 1 atom stereocenters. The third kappa shape index (κ3) is 2.99. The summed E-state index contributed by atoms with van der Waals surface area (Å²) in [7, 11) is 0. The van der Waals surface area contributed by atoms with Crippen LogP contribution in [0.15, 0.2) is 30.6 Å². The van der Waals surface area contributed by atoms with E-state index < -0.39 is 6.10 Å². The molecular formula is C10H13N5O2. The van der Waals surface area contributed by atoms with Crippen molar-refractivity contribution in [3.8, 4) is 5.69 Å². The molecule has 2 rings (SSSR count).